The van der Waals surface area contributed by atoms with Crippen molar-refractivity contribution in [2.45, 2.75) is 38.8 Å². The first-order chi connectivity index (χ1) is 13.7. The maximum Gasteiger partial charge on any atom is 0.299 e. The van der Waals surface area contributed by atoms with Gasteiger partial charge in [0.05, 0.1) is 17.1 Å². The first-order valence-corrected chi connectivity index (χ1v) is 9.39. The third-order valence-electron chi connectivity index (χ3n) is 5.31. The number of nitrogens with zero attached hydrogens (tertiary/aromatic N) is 7. The molecule has 0 amide bonds. The quantitative estimate of drug-likeness (QED) is 0.537. The van der Waals surface area contributed by atoms with Gasteiger partial charge in [-0.05, 0) is 44.0 Å². The second kappa shape index (κ2) is 6.50. The summed E-state index contributed by atoms with van der Waals surface area (Å²) in [7, 11) is 0. The Labute approximate surface area is 159 Å². The summed E-state index contributed by atoms with van der Waals surface area (Å²) in [5.74, 6) is 1.18. The summed E-state index contributed by atoms with van der Waals surface area (Å²) in [6.45, 7) is 3.71. The molecule has 0 bridgehead atoms. The van der Waals surface area contributed by atoms with Crippen LogP contribution in [0.5, 0.6) is 0 Å². The van der Waals surface area contributed by atoms with Crippen LogP contribution in [0.4, 0.5) is 14.6 Å². The number of imidazole rings is 1. The average molecular weight is 383 g/mol. The Bertz CT molecular complexity index is 1150. The van der Waals surface area contributed by atoms with Crippen molar-refractivity contribution in [1.82, 2.24) is 29.4 Å². The molecule has 0 radical (unpaired) electrons. The molecule has 0 aliphatic carbocycles. The van der Waals surface area contributed by atoms with Crippen LogP contribution in [0.1, 0.15) is 43.9 Å². The van der Waals surface area contributed by atoms with E-state index in [0.717, 1.165) is 47.3 Å². The number of fused-ring (bicyclic) bond motifs is 2. The summed E-state index contributed by atoms with van der Waals surface area (Å²) >= 11 is 0. The molecular weight excluding hydrogens is 364 g/mol. The molecule has 7 nitrogen and oxygen atoms in total. The molecule has 5 rings (SSSR count). The predicted octanol–water partition coefficient (Wildman–Crippen LogP) is 3.77. The molecule has 1 aromatic carbocycles. The average Bonchev–Trinajstić information content (AvgIpc) is 3.42. The lowest BCUT2D eigenvalue weighted by Crippen LogP contribution is -2.26. The number of alkyl halides is 2. The molecule has 4 aromatic rings. The van der Waals surface area contributed by atoms with E-state index in [1.165, 1.54) is 0 Å². The van der Waals surface area contributed by atoms with Gasteiger partial charge in [0, 0.05) is 13.1 Å². The third-order valence-corrected chi connectivity index (χ3v) is 5.31. The van der Waals surface area contributed by atoms with E-state index in [4.69, 9.17) is 4.98 Å². The zero-order valence-corrected chi connectivity index (χ0v) is 15.3. The topological polar surface area (TPSA) is 64.1 Å². The third kappa shape index (κ3) is 2.53. The Morgan fingerprint density at radius 3 is 2.82 bits per heavy atom. The van der Waals surface area contributed by atoms with E-state index < -0.39 is 12.2 Å². The highest BCUT2D eigenvalue weighted by Crippen LogP contribution is 2.36. The van der Waals surface area contributed by atoms with Crippen molar-refractivity contribution in [2.24, 2.45) is 0 Å². The van der Waals surface area contributed by atoms with Crippen LogP contribution in [0.25, 0.3) is 16.7 Å². The Morgan fingerprint density at radius 1 is 1.14 bits per heavy atom. The molecule has 1 fully saturated rings. The fraction of sp³-hybridized carbons (Fsp3) is 0.368. The van der Waals surface area contributed by atoms with E-state index in [1.807, 2.05) is 24.3 Å². The van der Waals surface area contributed by atoms with Crippen molar-refractivity contribution in [2.75, 3.05) is 11.4 Å². The van der Waals surface area contributed by atoms with E-state index >= 15 is 0 Å². The van der Waals surface area contributed by atoms with Crippen LogP contribution in [-0.4, -0.2) is 35.9 Å². The fourth-order valence-corrected chi connectivity index (χ4v) is 4.08. The summed E-state index contributed by atoms with van der Waals surface area (Å²) in [5.41, 5.74) is 2.39. The van der Waals surface area contributed by atoms with Gasteiger partial charge in [-0.2, -0.15) is 4.52 Å². The van der Waals surface area contributed by atoms with Gasteiger partial charge in [-0.3, -0.25) is 0 Å². The Hall–Kier alpha value is -3.10. The highest BCUT2D eigenvalue weighted by Gasteiger charge is 2.32. The minimum Gasteiger partial charge on any atom is -0.345 e. The fourth-order valence-electron chi connectivity index (χ4n) is 4.08. The number of rotatable bonds is 4. The van der Waals surface area contributed by atoms with Crippen LogP contribution >= 0.6 is 0 Å². The van der Waals surface area contributed by atoms with Crippen molar-refractivity contribution in [3.63, 3.8) is 0 Å². The number of anilines is 1. The molecule has 4 heterocycles. The summed E-state index contributed by atoms with van der Waals surface area (Å²) < 4.78 is 29.8. The van der Waals surface area contributed by atoms with Gasteiger partial charge in [0.25, 0.3) is 6.43 Å². The van der Waals surface area contributed by atoms with Crippen LogP contribution in [0.2, 0.25) is 0 Å². The van der Waals surface area contributed by atoms with Gasteiger partial charge >= 0.3 is 0 Å². The van der Waals surface area contributed by atoms with Crippen molar-refractivity contribution >= 4 is 22.5 Å². The van der Waals surface area contributed by atoms with Gasteiger partial charge in [-0.25, -0.2) is 13.8 Å². The second-order valence-corrected chi connectivity index (χ2v) is 6.87. The van der Waals surface area contributed by atoms with Crippen LogP contribution in [0.15, 0.2) is 36.4 Å². The van der Waals surface area contributed by atoms with E-state index in [-0.39, 0.29) is 6.04 Å². The number of aromatic nitrogens is 6. The number of para-hydroxylation sites is 2. The van der Waals surface area contributed by atoms with Gasteiger partial charge in [0.1, 0.15) is 11.6 Å². The van der Waals surface area contributed by atoms with Gasteiger partial charge in [0.2, 0.25) is 5.82 Å². The summed E-state index contributed by atoms with van der Waals surface area (Å²) in [6.07, 6.45) is -0.801. The number of benzene rings is 1. The first-order valence-electron chi connectivity index (χ1n) is 9.39. The van der Waals surface area contributed by atoms with Crippen molar-refractivity contribution in [1.29, 1.82) is 0 Å². The van der Waals surface area contributed by atoms with E-state index in [2.05, 4.69) is 37.8 Å². The van der Waals surface area contributed by atoms with Gasteiger partial charge in [-0.1, -0.05) is 12.1 Å². The first kappa shape index (κ1) is 17.0. The maximum absolute atomic E-state index is 13.2. The molecular formula is C19H19F2N7. The summed E-state index contributed by atoms with van der Waals surface area (Å²) in [4.78, 5) is 7.02. The number of hydrogen-bond acceptors (Lipinski definition) is 5. The Balaban J connectivity index is 1.59. The molecule has 1 aliphatic rings. The standard InChI is InChI=1S/C19H19F2N7/c1-2-26-13-7-4-3-6-12(13)22-18(26)14-8-5-11-27(14)16-10-9-15-23-24-19(17(20)21)28(15)25-16/h3-4,6-7,9-10,14,17H,2,5,8,11H2,1H3. The molecule has 0 saturated carbocycles. The lowest BCUT2D eigenvalue weighted by molar-refractivity contribution is 0.137. The SMILES string of the molecule is CCn1c(C2CCCN2c2ccc3nnc(C(F)F)n3n2)nc2ccccc21. The molecule has 1 unspecified atom stereocenters. The minimum atomic E-state index is -2.73. The molecule has 28 heavy (non-hydrogen) atoms. The predicted molar refractivity (Wildman–Crippen MR) is 100 cm³/mol. The van der Waals surface area contributed by atoms with Gasteiger partial charge in [-0.15, -0.1) is 15.3 Å². The lowest BCUT2D eigenvalue weighted by atomic mass is 10.2. The van der Waals surface area contributed by atoms with Crippen LogP contribution < -0.4 is 4.90 Å². The lowest BCUT2D eigenvalue weighted by Gasteiger charge is -2.25. The highest BCUT2D eigenvalue weighted by atomic mass is 19.3. The van der Waals surface area contributed by atoms with E-state index in [9.17, 15) is 8.78 Å². The maximum atomic E-state index is 13.2. The van der Waals surface area contributed by atoms with Crippen LogP contribution in [0.3, 0.4) is 0 Å². The molecule has 1 saturated heterocycles. The largest absolute Gasteiger partial charge is 0.345 e. The van der Waals surface area contributed by atoms with Crippen LogP contribution in [-0.2, 0) is 6.54 Å². The van der Waals surface area contributed by atoms with Crippen molar-refractivity contribution < 1.29 is 8.78 Å². The Kier molecular flexibility index (Phi) is 3.96. The van der Waals surface area contributed by atoms with Crippen LogP contribution in [0, 0.1) is 0 Å². The number of hydrogen-bond donors (Lipinski definition) is 0. The van der Waals surface area contributed by atoms with Gasteiger partial charge in [0.15, 0.2) is 5.65 Å². The summed E-state index contributed by atoms with van der Waals surface area (Å²) in [6, 6.07) is 11.6. The van der Waals surface area contributed by atoms with E-state index in [0.29, 0.717) is 11.5 Å². The number of halogens is 2. The Morgan fingerprint density at radius 2 is 2.00 bits per heavy atom. The smallest absolute Gasteiger partial charge is 0.299 e. The second-order valence-electron chi connectivity index (χ2n) is 6.87. The highest BCUT2D eigenvalue weighted by molar-refractivity contribution is 5.76. The van der Waals surface area contributed by atoms with Crippen molar-refractivity contribution in [3.8, 4) is 0 Å². The summed E-state index contributed by atoms with van der Waals surface area (Å²) in [5, 5.41) is 11.8. The normalized spacial score (nSPS) is 17.4. The minimum absolute atomic E-state index is 0.0452. The molecule has 144 valence electrons. The zero-order valence-electron chi connectivity index (χ0n) is 15.3. The molecule has 0 spiro atoms. The van der Waals surface area contributed by atoms with E-state index in [1.54, 1.807) is 6.07 Å². The monoisotopic (exact) mass is 383 g/mol. The zero-order chi connectivity index (χ0) is 19.3. The molecule has 1 aliphatic heterocycles. The number of aryl methyl sites for hydroxylation is 1. The molecule has 9 heteroatoms. The molecule has 1 atom stereocenters. The van der Waals surface area contributed by atoms with Crippen molar-refractivity contribution in [3.05, 3.63) is 48.0 Å². The molecule has 3 aromatic heterocycles. The molecule has 0 N–H and O–H groups in total. The van der Waals surface area contributed by atoms with Gasteiger partial charge < -0.3 is 9.47 Å².